The second-order valence-corrected chi connectivity index (χ2v) is 7.84. The van der Waals surface area contributed by atoms with E-state index < -0.39 is 12.1 Å². The van der Waals surface area contributed by atoms with Crippen LogP contribution in [0.5, 0.6) is 0 Å². The lowest BCUT2D eigenvalue weighted by Gasteiger charge is -2.27. The summed E-state index contributed by atoms with van der Waals surface area (Å²) in [7, 11) is 0. The Bertz CT molecular complexity index is 784. The number of benzene rings is 1. The fraction of sp³-hybridized carbons (Fsp3) is 0.500. The zero-order chi connectivity index (χ0) is 21.5. The van der Waals surface area contributed by atoms with Crippen LogP contribution in [0, 0.1) is 0 Å². The van der Waals surface area contributed by atoms with Crippen LogP contribution in [0.25, 0.3) is 0 Å². The molecule has 2 aliphatic rings. The fourth-order valence-electron chi connectivity index (χ4n) is 3.86. The highest BCUT2D eigenvalue weighted by molar-refractivity contribution is 5.90. The highest BCUT2D eigenvalue weighted by Crippen LogP contribution is 2.19. The Kier molecular flexibility index (Phi) is 7.59. The molecule has 1 saturated heterocycles. The predicted octanol–water partition coefficient (Wildman–Crippen LogP) is 0.258. The molecule has 2 heterocycles. The molecular formula is C22H31N5O3. The van der Waals surface area contributed by atoms with Crippen molar-refractivity contribution in [1.29, 1.82) is 0 Å². The van der Waals surface area contributed by atoms with Gasteiger partial charge >= 0.3 is 0 Å². The Morgan fingerprint density at radius 3 is 2.43 bits per heavy atom. The van der Waals surface area contributed by atoms with E-state index in [1.54, 1.807) is 9.80 Å². The molecule has 3 rings (SSSR count). The lowest BCUT2D eigenvalue weighted by Crippen LogP contribution is -2.51. The van der Waals surface area contributed by atoms with Crippen molar-refractivity contribution in [3.05, 3.63) is 47.5 Å². The van der Waals surface area contributed by atoms with Gasteiger partial charge < -0.3 is 26.6 Å². The minimum atomic E-state index is -0.776. The van der Waals surface area contributed by atoms with Gasteiger partial charge in [0.05, 0.1) is 6.04 Å². The number of hydrogen-bond acceptors (Lipinski definition) is 5. The molecule has 1 aromatic carbocycles. The van der Waals surface area contributed by atoms with Gasteiger partial charge in [0, 0.05) is 39.1 Å². The first-order valence-electron chi connectivity index (χ1n) is 10.5. The van der Waals surface area contributed by atoms with Crippen LogP contribution in [-0.4, -0.2) is 59.2 Å². The zero-order valence-electron chi connectivity index (χ0n) is 17.3. The number of amides is 3. The van der Waals surface area contributed by atoms with E-state index in [1.807, 2.05) is 36.4 Å². The summed E-state index contributed by atoms with van der Waals surface area (Å²) in [6, 6.07) is 6.45. The number of nitrogens with one attached hydrogen (secondary N) is 1. The third-order valence-electron chi connectivity index (χ3n) is 5.72. The first kappa shape index (κ1) is 22.0. The molecule has 162 valence electrons. The predicted molar refractivity (Wildman–Crippen MR) is 114 cm³/mol. The summed E-state index contributed by atoms with van der Waals surface area (Å²) in [6.07, 6.45) is 5.80. The fourth-order valence-corrected chi connectivity index (χ4v) is 3.86. The molecule has 1 fully saturated rings. The molecule has 8 nitrogen and oxygen atoms in total. The van der Waals surface area contributed by atoms with Gasteiger partial charge in [-0.05, 0) is 30.4 Å². The SMILES string of the molecule is NCc1ccc(CNC(=O)C2CCCN2C(=O)C(N)CCC(=O)N2CC=CC2)cc1. The summed E-state index contributed by atoms with van der Waals surface area (Å²) in [5.74, 6) is -0.429. The second kappa shape index (κ2) is 10.4. The third-order valence-corrected chi connectivity index (χ3v) is 5.72. The van der Waals surface area contributed by atoms with Crippen LogP contribution in [-0.2, 0) is 27.5 Å². The number of rotatable bonds is 8. The number of likely N-dealkylation sites (tertiary alicyclic amines) is 1. The lowest BCUT2D eigenvalue weighted by atomic mass is 10.1. The number of carbonyl (C=O) groups is 3. The van der Waals surface area contributed by atoms with E-state index in [4.69, 9.17) is 11.5 Å². The Balaban J connectivity index is 1.48. The Morgan fingerprint density at radius 2 is 1.77 bits per heavy atom. The number of nitrogens with zero attached hydrogens (tertiary/aromatic N) is 2. The third kappa shape index (κ3) is 5.46. The topological polar surface area (TPSA) is 122 Å². The number of hydrogen-bond donors (Lipinski definition) is 3. The van der Waals surface area contributed by atoms with Crippen LogP contribution in [0.1, 0.15) is 36.8 Å². The van der Waals surface area contributed by atoms with Crippen molar-refractivity contribution in [1.82, 2.24) is 15.1 Å². The zero-order valence-corrected chi connectivity index (χ0v) is 17.3. The van der Waals surface area contributed by atoms with Crippen molar-refractivity contribution < 1.29 is 14.4 Å². The minimum Gasteiger partial charge on any atom is -0.350 e. The van der Waals surface area contributed by atoms with Crippen LogP contribution in [0.15, 0.2) is 36.4 Å². The summed E-state index contributed by atoms with van der Waals surface area (Å²) >= 11 is 0. The van der Waals surface area contributed by atoms with Crippen molar-refractivity contribution in [2.75, 3.05) is 19.6 Å². The highest BCUT2D eigenvalue weighted by Gasteiger charge is 2.36. The molecule has 0 aromatic heterocycles. The van der Waals surface area contributed by atoms with E-state index in [2.05, 4.69) is 5.32 Å². The minimum absolute atomic E-state index is 0.000353. The van der Waals surface area contributed by atoms with E-state index >= 15 is 0 Å². The maximum absolute atomic E-state index is 12.8. The average molecular weight is 414 g/mol. The second-order valence-electron chi connectivity index (χ2n) is 7.84. The van der Waals surface area contributed by atoms with Gasteiger partial charge in [0.15, 0.2) is 0 Å². The summed E-state index contributed by atoms with van der Waals surface area (Å²) in [4.78, 5) is 41.0. The van der Waals surface area contributed by atoms with Gasteiger partial charge in [-0.1, -0.05) is 36.4 Å². The monoisotopic (exact) mass is 413 g/mol. The van der Waals surface area contributed by atoms with Gasteiger partial charge in [-0.3, -0.25) is 14.4 Å². The van der Waals surface area contributed by atoms with Crippen LogP contribution < -0.4 is 16.8 Å². The average Bonchev–Trinajstić information content (AvgIpc) is 3.47. The standard InChI is InChI=1S/C22H31N5O3/c23-14-16-5-7-17(8-6-16)15-25-21(29)19-4-3-13-27(19)22(30)18(24)9-10-20(28)26-11-1-2-12-26/h1-2,5-8,18-19H,3-4,9-15,23-24H2,(H,25,29). The van der Waals surface area contributed by atoms with Gasteiger partial charge in [0.1, 0.15) is 6.04 Å². The molecule has 2 unspecified atom stereocenters. The quantitative estimate of drug-likeness (QED) is 0.528. The summed E-state index contributed by atoms with van der Waals surface area (Å²) in [5, 5.41) is 2.92. The van der Waals surface area contributed by atoms with Crippen molar-refractivity contribution >= 4 is 17.7 Å². The van der Waals surface area contributed by atoms with Gasteiger partial charge in [-0.2, -0.15) is 0 Å². The molecule has 0 bridgehead atoms. The number of carbonyl (C=O) groups excluding carboxylic acids is 3. The summed E-state index contributed by atoms with van der Waals surface area (Å²) in [6.45, 7) is 2.62. The van der Waals surface area contributed by atoms with E-state index in [9.17, 15) is 14.4 Å². The molecule has 8 heteroatoms. The molecule has 5 N–H and O–H groups in total. The molecule has 1 aromatic rings. The van der Waals surface area contributed by atoms with Gasteiger partial charge in [0.2, 0.25) is 17.7 Å². The summed E-state index contributed by atoms with van der Waals surface area (Å²) in [5.41, 5.74) is 13.7. The van der Waals surface area contributed by atoms with Crippen LogP contribution in [0.3, 0.4) is 0 Å². The van der Waals surface area contributed by atoms with Crippen LogP contribution >= 0.6 is 0 Å². The molecule has 2 atom stereocenters. The molecule has 0 aliphatic carbocycles. The highest BCUT2D eigenvalue weighted by atomic mass is 16.2. The van der Waals surface area contributed by atoms with E-state index in [-0.39, 0.29) is 30.6 Å². The van der Waals surface area contributed by atoms with Gasteiger partial charge in [-0.15, -0.1) is 0 Å². The largest absolute Gasteiger partial charge is 0.350 e. The Hall–Kier alpha value is -2.71. The molecule has 30 heavy (non-hydrogen) atoms. The van der Waals surface area contributed by atoms with E-state index in [0.29, 0.717) is 39.1 Å². The van der Waals surface area contributed by atoms with Crippen molar-refractivity contribution in [2.24, 2.45) is 11.5 Å². The molecule has 0 saturated carbocycles. The van der Waals surface area contributed by atoms with Gasteiger partial charge in [0.25, 0.3) is 0 Å². The molecule has 2 aliphatic heterocycles. The van der Waals surface area contributed by atoms with Crippen molar-refractivity contribution in [2.45, 2.75) is 50.9 Å². The lowest BCUT2D eigenvalue weighted by molar-refractivity contribution is -0.140. The molecule has 0 radical (unpaired) electrons. The van der Waals surface area contributed by atoms with E-state index in [0.717, 1.165) is 17.5 Å². The first-order chi connectivity index (χ1) is 14.5. The smallest absolute Gasteiger partial charge is 0.243 e. The van der Waals surface area contributed by atoms with Crippen LogP contribution in [0.2, 0.25) is 0 Å². The molecular weight excluding hydrogens is 382 g/mol. The first-order valence-corrected chi connectivity index (χ1v) is 10.5. The van der Waals surface area contributed by atoms with Crippen LogP contribution in [0.4, 0.5) is 0 Å². The Morgan fingerprint density at radius 1 is 1.10 bits per heavy atom. The number of nitrogens with two attached hydrogens (primary N) is 2. The maximum Gasteiger partial charge on any atom is 0.243 e. The molecule has 3 amide bonds. The Labute approximate surface area is 177 Å². The van der Waals surface area contributed by atoms with Crippen molar-refractivity contribution in [3.8, 4) is 0 Å². The maximum atomic E-state index is 12.8. The van der Waals surface area contributed by atoms with Crippen molar-refractivity contribution in [3.63, 3.8) is 0 Å². The normalized spacial score (nSPS) is 19.2. The molecule has 0 spiro atoms. The van der Waals surface area contributed by atoms with Gasteiger partial charge in [-0.25, -0.2) is 0 Å². The summed E-state index contributed by atoms with van der Waals surface area (Å²) < 4.78 is 0. The van der Waals surface area contributed by atoms with E-state index in [1.165, 1.54) is 0 Å².